The number of nitrogens with one attached hydrogen (secondary N) is 2. The van der Waals surface area contributed by atoms with Crippen molar-refractivity contribution in [2.75, 3.05) is 24.0 Å². The minimum Gasteiger partial charge on any atom is -0.761 e. The molecule has 0 bridgehead atoms. The Kier molecular flexibility index (Phi) is 7.24. The number of benzene rings is 1. The van der Waals surface area contributed by atoms with Crippen LogP contribution >= 0.6 is 11.6 Å². The van der Waals surface area contributed by atoms with E-state index in [1.807, 2.05) is 0 Å². The SMILES string of the molecule is CCOC(=O)CCCOc1ccc(Nc2nc(Cl)ncc2N[O-])cc1. The molecule has 2 rings (SSSR count). The van der Waals surface area contributed by atoms with E-state index in [-0.39, 0.29) is 22.8 Å². The molecule has 0 atom stereocenters. The molecule has 0 aliphatic carbocycles. The van der Waals surface area contributed by atoms with Crippen LogP contribution in [0.15, 0.2) is 30.5 Å². The first-order valence-electron chi connectivity index (χ1n) is 7.68. The van der Waals surface area contributed by atoms with Gasteiger partial charge in [0, 0.05) is 12.1 Å². The first kappa shape index (κ1) is 18.8. The Labute approximate surface area is 150 Å². The van der Waals surface area contributed by atoms with Gasteiger partial charge in [0.2, 0.25) is 5.28 Å². The van der Waals surface area contributed by atoms with Crippen LogP contribution in [0.4, 0.5) is 17.2 Å². The Morgan fingerprint density at radius 3 is 2.76 bits per heavy atom. The molecule has 134 valence electrons. The van der Waals surface area contributed by atoms with Gasteiger partial charge in [-0.25, -0.2) is 4.98 Å². The lowest BCUT2D eigenvalue weighted by atomic mass is 10.3. The van der Waals surface area contributed by atoms with Gasteiger partial charge < -0.3 is 25.5 Å². The standard InChI is InChI=1S/C16H18ClN4O4/c1-2-24-14(22)4-3-9-25-12-7-5-11(6-8-12)19-15-13(21-23)10-18-16(17)20-15/h5-8,10,21H,2-4,9H2,1H3,(H,18,19,20)/q-1. The van der Waals surface area contributed by atoms with E-state index in [0.29, 0.717) is 37.5 Å². The van der Waals surface area contributed by atoms with Crippen molar-refractivity contribution in [2.45, 2.75) is 19.8 Å². The molecule has 0 amide bonds. The quantitative estimate of drug-likeness (QED) is 0.301. The van der Waals surface area contributed by atoms with Gasteiger partial charge in [0.05, 0.1) is 25.1 Å². The third kappa shape index (κ3) is 6.09. The highest BCUT2D eigenvalue weighted by Crippen LogP contribution is 2.25. The lowest BCUT2D eigenvalue weighted by Gasteiger charge is -2.15. The van der Waals surface area contributed by atoms with E-state index in [2.05, 4.69) is 15.3 Å². The first-order valence-corrected chi connectivity index (χ1v) is 8.06. The molecule has 0 fully saturated rings. The summed E-state index contributed by atoms with van der Waals surface area (Å²) in [5.74, 6) is 0.715. The molecule has 8 nitrogen and oxygen atoms in total. The number of carbonyl (C=O) groups excluding carboxylic acids is 1. The molecule has 0 saturated carbocycles. The fourth-order valence-electron chi connectivity index (χ4n) is 1.94. The zero-order valence-corrected chi connectivity index (χ0v) is 14.4. The highest BCUT2D eigenvalue weighted by molar-refractivity contribution is 6.28. The van der Waals surface area contributed by atoms with Gasteiger partial charge in [0.15, 0.2) is 5.82 Å². The van der Waals surface area contributed by atoms with Crippen molar-refractivity contribution >= 4 is 34.8 Å². The van der Waals surface area contributed by atoms with Gasteiger partial charge in [-0.2, -0.15) is 4.98 Å². The Bertz CT molecular complexity index is 697. The van der Waals surface area contributed by atoms with Crippen LogP contribution in [-0.2, 0) is 9.53 Å². The summed E-state index contributed by atoms with van der Waals surface area (Å²) in [6.07, 6.45) is 2.20. The van der Waals surface area contributed by atoms with E-state index in [1.165, 1.54) is 6.20 Å². The number of hydrogen-bond donors (Lipinski definition) is 2. The lowest BCUT2D eigenvalue weighted by molar-refractivity contribution is -0.143. The van der Waals surface area contributed by atoms with Crippen LogP contribution in [0.2, 0.25) is 5.28 Å². The summed E-state index contributed by atoms with van der Waals surface area (Å²) >= 11 is 5.73. The van der Waals surface area contributed by atoms with Gasteiger partial charge >= 0.3 is 5.97 Å². The van der Waals surface area contributed by atoms with Crippen LogP contribution in [0.5, 0.6) is 5.75 Å². The summed E-state index contributed by atoms with van der Waals surface area (Å²) in [5.41, 5.74) is 2.63. The maximum absolute atomic E-state index is 11.2. The predicted octanol–water partition coefficient (Wildman–Crippen LogP) is 3.51. The second-order valence-electron chi connectivity index (χ2n) is 4.91. The van der Waals surface area contributed by atoms with E-state index in [9.17, 15) is 10.0 Å². The average Bonchev–Trinajstić information content (AvgIpc) is 2.60. The number of aromatic nitrogens is 2. The average molecular weight is 366 g/mol. The zero-order valence-electron chi connectivity index (χ0n) is 13.6. The van der Waals surface area contributed by atoms with Crippen molar-refractivity contribution in [1.29, 1.82) is 0 Å². The Morgan fingerprint density at radius 1 is 1.32 bits per heavy atom. The monoisotopic (exact) mass is 365 g/mol. The molecule has 0 radical (unpaired) electrons. The van der Waals surface area contributed by atoms with Crippen molar-refractivity contribution in [3.05, 3.63) is 41.0 Å². The molecule has 0 aliphatic heterocycles. The van der Waals surface area contributed by atoms with Gasteiger partial charge in [-0.1, -0.05) is 0 Å². The van der Waals surface area contributed by atoms with Crippen molar-refractivity contribution in [3.63, 3.8) is 0 Å². The summed E-state index contributed by atoms with van der Waals surface area (Å²) in [4.78, 5) is 18.9. The van der Waals surface area contributed by atoms with E-state index >= 15 is 0 Å². The zero-order chi connectivity index (χ0) is 18.1. The topological polar surface area (TPSA) is 108 Å². The van der Waals surface area contributed by atoms with Gasteiger partial charge in [-0.05, 0) is 49.2 Å². The van der Waals surface area contributed by atoms with Gasteiger partial charge in [-0.3, -0.25) is 4.79 Å². The number of carbonyl (C=O) groups is 1. The second kappa shape index (κ2) is 9.65. The third-order valence-corrected chi connectivity index (χ3v) is 3.27. The molecule has 1 aromatic carbocycles. The number of nitrogens with zero attached hydrogens (tertiary/aromatic N) is 2. The molecule has 0 spiro atoms. The summed E-state index contributed by atoms with van der Waals surface area (Å²) in [6.45, 7) is 2.57. The van der Waals surface area contributed by atoms with E-state index in [1.54, 1.807) is 36.7 Å². The van der Waals surface area contributed by atoms with E-state index in [4.69, 9.17) is 21.1 Å². The summed E-state index contributed by atoms with van der Waals surface area (Å²) in [5, 5.41) is 13.9. The normalized spacial score (nSPS) is 10.2. The van der Waals surface area contributed by atoms with Crippen molar-refractivity contribution in [3.8, 4) is 5.75 Å². The van der Waals surface area contributed by atoms with Crippen molar-refractivity contribution in [2.24, 2.45) is 0 Å². The largest absolute Gasteiger partial charge is 0.761 e. The first-order chi connectivity index (χ1) is 12.1. The minimum atomic E-state index is -0.225. The molecule has 9 heteroatoms. The molecule has 1 heterocycles. The molecule has 1 aromatic heterocycles. The van der Waals surface area contributed by atoms with E-state index in [0.717, 1.165) is 0 Å². The van der Waals surface area contributed by atoms with Crippen LogP contribution < -0.4 is 15.5 Å². The number of anilines is 3. The molecule has 2 aromatic rings. The van der Waals surface area contributed by atoms with Crippen molar-refractivity contribution < 1.29 is 14.3 Å². The smallest absolute Gasteiger partial charge is 0.305 e. The summed E-state index contributed by atoms with van der Waals surface area (Å²) in [7, 11) is 0. The van der Waals surface area contributed by atoms with Crippen LogP contribution in [0, 0.1) is 5.21 Å². The molecule has 25 heavy (non-hydrogen) atoms. The lowest BCUT2D eigenvalue weighted by Crippen LogP contribution is -2.06. The molecule has 0 unspecified atom stereocenters. The van der Waals surface area contributed by atoms with Crippen LogP contribution in [0.25, 0.3) is 0 Å². The minimum absolute atomic E-state index is 0.0306. The predicted molar refractivity (Wildman–Crippen MR) is 95.1 cm³/mol. The Balaban J connectivity index is 1.86. The Hall–Kier alpha value is -2.58. The molecular formula is C16H18ClN4O4-. The molecule has 0 saturated heterocycles. The summed E-state index contributed by atoms with van der Waals surface area (Å²) in [6, 6.07) is 7.07. The number of hydrogen-bond acceptors (Lipinski definition) is 8. The fraction of sp³-hybridized carbons (Fsp3) is 0.312. The van der Waals surface area contributed by atoms with E-state index < -0.39 is 0 Å². The highest BCUT2D eigenvalue weighted by Gasteiger charge is 2.05. The van der Waals surface area contributed by atoms with Crippen LogP contribution in [0.1, 0.15) is 19.8 Å². The third-order valence-electron chi connectivity index (χ3n) is 3.09. The van der Waals surface area contributed by atoms with Gasteiger partial charge in [-0.15, -0.1) is 0 Å². The maximum Gasteiger partial charge on any atom is 0.305 e. The molecular weight excluding hydrogens is 348 g/mol. The Morgan fingerprint density at radius 2 is 2.08 bits per heavy atom. The molecule has 2 N–H and O–H groups in total. The number of esters is 1. The highest BCUT2D eigenvalue weighted by atomic mass is 35.5. The number of ether oxygens (including phenoxy) is 2. The van der Waals surface area contributed by atoms with Crippen LogP contribution in [0.3, 0.4) is 0 Å². The fourth-order valence-corrected chi connectivity index (χ4v) is 2.07. The molecule has 0 aliphatic rings. The number of halogens is 1. The van der Waals surface area contributed by atoms with Gasteiger partial charge in [0.1, 0.15) is 5.75 Å². The second-order valence-corrected chi connectivity index (χ2v) is 5.25. The number of rotatable bonds is 9. The maximum atomic E-state index is 11.2. The van der Waals surface area contributed by atoms with Crippen LogP contribution in [-0.4, -0.2) is 29.2 Å². The van der Waals surface area contributed by atoms with Gasteiger partial charge in [0.25, 0.3) is 0 Å². The summed E-state index contributed by atoms with van der Waals surface area (Å²) < 4.78 is 10.4. The van der Waals surface area contributed by atoms with Crippen molar-refractivity contribution in [1.82, 2.24) is 9.97 Å².